The third-order valence-electron chi connectivity index (χ3n) is 2.18. The smallest absolute Gasteiger partial charge is 0.219 e. The molecule has 1 aromatic heterocycles. The van der Waals surface area contributed by atoms with E-state index in [1.165, 1.54) is 0 Å². The van der Waals surface area contributed by atoms with E-state index < -0.39 is 0 Å². The van der Waals surface area contributed by atoms with Gasteiger partial charge in [0.1, 0.15) is 12.9 Å². The topological polar surface area (TPSA) is 58.3 Å². The molecule has 1 unspecified atom stereocenters. The van der Waals surface area contributed by atoms with Crippen LogP contribution < -0.4 is 5.32 Å². The first-order valence-electron chi connectivity index (χ1n) is 4.16. The SMILES string of the molecule is OCc1nc(C2CCNC2)co1. The van der Waals surface area contributed by atoms with Crippen LogP contribution in [0.25, 0.3) is 0 Å². The first-order chi connectivity index (χ1) is 5.90. The van der Waals surface area contributed by atoms with Crippen LogP contribution in [0.15, 0.2) is 10.7 Å². The van der Waals surface area contributed by atoms with Crippen LogP contribution in [0.1, 0.15) is 23.9 Å². The van der Waals surface area contributed by atoms with Crippen LogP contribution >= 0.6 is 0 Å². The predicted octanol–water partition coefficient (Wildman–Crippen LogP) is 0.244. The highest BCUT2D eigenvalue weighted by Gasteiger charge is 2.19. The highest BCUT2D eigenvalue weighted by molar-refractivity contribution is 5.06. The number of aliphatic hydroxyl groups excluding tert-OH is 1. The minimum Gasteiger partial charge on any atom is -0.446 e. The molecule has 2 heterocycles. The van der Waals surface area contributed by atoms with Gasteiger partial charge < -0.3 is 14.8 Å². The van der Waals surface area contributed by atoms with E-state index in [0.717, 1.165) is 25.2 Å². The van der Waals surface area contributed by atoms with Gasteiger partial charge in [0.15, 0.2) is 0 Å². The Balaban J connectivity index is 2.11. The minimum absolute atomic E-state index is 0.111. The molecule has 1 aromatic rings. The zero-order valence-corrected chi connectivity index (χ0v) is 6.79. The summed E-state index contributed by atoms with van der Waals surface area (Å²) in [5.74, 6) is 0.881. The molecule has 12 heavy (non-hydrogen) atoms. The Morgan fingerprint density at radius 1 is 1.75 bits per heavy atom. The van der Waals surface area contributed by atoms with Crippen molar-refractivity contribution in [1.29, 1.82) is 0 Å². The molecule has 0 aliphatic carbocycles. The largest absolute Gasteiger partial charge is 0.446 e. The van der Waals surface area contributed by atoms with Crippen LogP contribution in [-0.2, 0) is 6.61 Å². The predicted molar refractivity (Wildman–Crippen MR) is 42.7 cm³/mol. The molecule has 1 fully saturated rings. The number of aliphatic hydroxyl groups is 1. The number of hydrogen-bond acceptors (Lipinski definition) is 4. The molecule has 1 saturated heterocycles. The molecule has 2 rings (SSSR count). The molecule has 0 amide bonds. The maximum absolute atomic E-state index is 8.72. The summed E-state index contributed by atoms with van der Waals surface area (Å²) < 4.78 is 5.04. The van der Waals surface area contributed by atoms with Crippen molar-refractivity contribution in [2.24, 2.45) is 0 Å². The summed E-state index contributed by atoms with van der Waals surface area (Å²) in [6.45, 7) is 1.91. The van der Waals surface area contributed by atoms with Gasteiger partial charge in [-0.25, -0.2) is 4.98 Å². The van der Waals surface area contributed by atoms with Gasteiger partial charge in [-0.3, -0.25) is 0 Å². The number of oxazole rings is 1. The van der Waals surface area contributed by atoms with Crippen LogP contribution in [0.3, 0.4) is 0 Å². The summed E-state index contributed by atoms with van der Waals surface area (Å²) in [5.41, 5.74) is 0.962. The van der Waals surface area contributed by atoms with Crippen molar-refractivity contribution in [3.63, 3.8) is 0 Å². The average Bonchev–Trinajstić information content (AvgIpc) is 2.75. The van der Waals surface area contributed by atoms with Crippen molar-refractivity contribution >= 4 is 0 Å². The Morgan fingerprint density at radius 2 is 2.67 bits per heavy atom. The molecule has 0 spiro atoms. The lowest BCUT2D eigenvalue weighted by Gasteiger charge is -2.00. The third kappa shape index (κ3) is 1.35. The Morgan fingerprint density at radius 3 is 3.25 bits per heavy atom. The maximum Gasteiger partial charge on any atom is 0.219 e. The Bertz CT molecular complexity index is 253. The van der Waals surface area contributed by atoms with Crippen molar-refractivity contribution in [3.8, 4) is 0 Å². The van der Waals surface area contributed by atoms with Gasteiger partial charge in [0, 0.05) is 12.5 Å². The number of nitrogens with zero attached hydrogens (tertiary/aromatic N) is 1. The number of nitrogens with one attached hydrogen (secondary N) is 1. The van der Waals surface area contributed by atoms with Crippen molar-refractivity contribution in [2.75, 3.05) is 13.1 Å². The molecule has 0 saturated carbocycles. The third-order valence-corrected chi connectivity index (χ3v) is 2.18. The summed E-state index contributed by atoms with van der Waals surface area (Å²) in [5, 5.41) is 12.0. The highest BCUT2D eigenvalue weighted by Crippen LogP contribution is 2.21. The van der Waals surface area contributed by atoms with E-state index in [0.29, 0.717) is 11.8 Å². The van der Waals surface area contributed by atoms with E-state index in [9.17, 15) is 0 Å². The summed E-state index contributed by atoms with van der Waals surface area (Å²) in [6.07, 6.45) is 2.75. The monoisotopic (exact) mass is 168 g/mol. The molecular weight excluding hydrogens is 156 g/mol. The fraction of sp³-hybridized carbons (Fsp3) is 0.625. The van der Waals surface area contributed by atoms with E-state index in [1.54, 1.807) is 6.26 Å². The Labute approximate surface area is 70.6 Å². The second-order valence-electron chi connectivity index (χ2n) is 3.01. The minimum atomic E-state index is -0.111. The van der Waals surface area contributed by atoms with Gasteiger partial charge >= 0.3 is 0 Å². The molecule has 4 heteroatoms. The van der Waals surface area contributed by atoms with E-state index >= 15 is 0 Å². The van der Waals surface area contributed by atoms with E-state index in [1.807, 2.05) is 0 Å². The lowest BCUT2D eigenvalue weighted by atomic mass is 10.1. The van der Waals surface area contributed by atoms with Crippen LogP contribution in [-0.4, -0.2) is 23.2 Å². The molecule has 2 N–H and O–H groups in total. The molecule has 1 aliphatic rings. The fourth-order valence-electron chi connectivity index (χ4n) is 1.49. The van der Waals surface area contributed by atoms with E-state index in [4.69, 9.17) is 9.52 Å². The molecule has 0 aromatic carbocycles. The van der Waals surface area contributed by atoms with E-state index in [-0.39, 0.29) is 6.61 Å². The molecule has 66 valence electrons. The van der Waals surface area contributed by atoms with E-state index in [2.05, 4.69) is 10.3 Å². The van der Waals surface area contributed by atoms with Crippen molar-refractivity contribution < 1.29 is 9.52 Å². The van der Waals surface area contributed by atoms with Crippen molar-refractivity contribution in [1.82, 2.24) is 10.3 Å². The Hall–Kier alpha value is -0.870. The molecule has 4 nitrogen and oxygen atoms in total. The molecular formula is C8H12N2O2. The normalized spacial score (nSPS) is 23.2. The van der Waals surface area contributed by atoms with Crippen LogP contribution in [0.2, 0.25) is 0 Å². The van der Waals surface area contributed by atoms with Gasteiger partial charge in [-0.05, 0) is 13.0 Å². The average molecular weight is 168 g/mol. The second-order valence-corrected chi connectivity index (χ2v) is 3.01. The van der Waals surface area contributed by atoms with Crippen LogP contribution in [0.5, 0.6) is 0 Å². The fourth-order valence-corrected chi connectivity index (χ4v) is 1.49. The molecule has 1 atom stereocenters. The standard InChI is InChI=1S/C8H12N2O2/c11-4-8-10-7(5-12-8)6-1-2-9-3-6/h5-6,9,11H,1-4H2. The quantitative estimate of drug-likeness (QED) is 0.664. The first kappa shape index (κ1) is 7.76. The summed E-state index contributed by atoms with van der Waals surface area (Å²) in [4.78, 5) is 4.15. The van der Waals surface area contributed by atoms with Gasteiger partial charge in [0.25, 0.3) is 0 Å². The Kier molecular flexibility index (Phi) is 2.10. The zero-order chi connectivity index (χ0) is 8.39. The first-order valence-corrected chi connectivity index (χ1v) is 4.16. The van der Waals surface area contributed by atoms with Crippen molar-refractivity contribution in [2.45, 2.75) is 18.9 Å². The van der Waals surface area contributed by atoms with Crippen LogP contribution in [0.4, 0.5) is 0 Å². The number of hydrogen-bond donors (Lipinski definition) is 2. The number of rotatable bonds is 2. The van der Waals surface area contributed by atoms with Gasteiger partial charge in [-0.15, -0.1) is 0 Å². The summed E-state index contributed by atoms with van der Waals surface area (Å²) in [7, 11) is 0. The lowest BCUT2D eigenvalue weighted by molar-refractivity contribution is 0.240. The van der Waals surface area contributed by atoms with Gasteiger partial charge in [0.05, 0.1) is 5.69 Å². The second kappa shape index (κ2) is 3.25. The van der Waals surface area contributed by atoms with Gasteiger partial charge in [0.2, 0.25) is 5.89 Å². The summed E-state index contributed by atoms with van der Waals surface area (Å²) >= 11 is 0. The lowest BCUT2D eigenvalue weighted by Crippen LogP contribution is -2.08. The van der Waals surface area contributed by atoms with Gasteiger partial charge in [-0.1, -0.05) is 0 Å². The molecule has 0 bridgehead atoms. The van der Waals surface area contributed by atoms with Crippen LogP contribution in [0, 0.1) is 0 Å². The van der Waals surface area contributed by atoms with Crippen molar-refractivity contribution in [3.05, 3.63) is 17.8 Å². The zero-order valence-electron chi connectivity index (χ0n) is 6.79. The van der Waals surface area contributed by atoms with Gasteiger partial charge in [-0.2, -0.15) is 0 Å². The highest BCUT2D eigenvalue weighted by atomic mass is 16.4. The summed E-state index contributed by atoms with van der Waals surface area (Å²) in [6, 6.07) is 0. The number of aromatic nitrogens is 1. The molecule has 0 radical (unpaired) electrons. The molecule has 1 aliphatic heterocycles. The maximum atomic E-state index is 8.72.